The summed E-state index contributed by atoms with van der Waals surface area (Å²) in [7, 11) is 1.66. The lowest BCUT2D eigenvalue weighted by atomic mass is 9.82. The Balaban J connectivity index is 2.35. The number of nitrogens with zero attached hydrogens (tertiary/aromatic N) is 1. The lowest BCUT2D eigenvalue weighted by molar-refractivity contribution is 0.194. The van der Waals surface area contributed by atoms with E-state index in [-0.39, 0.29) is 0 Å². The number of aliphatic hydroxyl groups is 1. The normalized spacial score (nSPS) is 19.1. The van der Waals surface area contributed by atoms with Crippen molar-refractivity contribution in [2.75, 3.05) is 25.1 Å². The minimum absolute atomic E-state index is 0.430. The van der Waals surface area contributed by atoms with Gasteiger partial charge in [0.05, 0.1) is 13.2 Å². The van der Waals surface area contributed by atoms with Gasteiger partial charge in [-0.05, 0) is 43.7 Å². The first-order valence-electron chi connectivity index (χ1n) is 7.67. The van der Waals surface area contributed by atoms with E-state index in [2.05, 4.69) is 24.8 Å². The quantitative estimate of drug-likeness (QED) is 0.889. The van der Waals surface area contributed by atoms with E-state index < -0.39 is 6.10 Å². The van der Waals surface area contributed by atoms with Crippen LogP contribution in [0.4, 0.5) is 5.69 Å². The van der Waals surface area contributed by atoms with E-state index in [1.165, 1.54) is 19.3 Å². The summed E-state index contributed by atoms with van der Waals surface area (Å²) in [6.07, 6.45) is 3.15. The predicted octanol–water partition coefficient (Wildman–Crippen LogP) is 3.77. The van der Waals surface area contributed by atoms with Gasteiger partial charge in [-0.1, -0.05) is 19.9 Å². The third kappa shape index (κ3) is 2.64. The fourth-order valence-electron chi connectivity index (χ4n) is 3.37. The standard InChI is InChI=1S/C17H27NO2/c1-5-17(6-2)10-11-18(12-17)14-8-7-9-15(20-4)16(14)13(3)19/h7-9,13,19H,5-6,10-12H2,1-4H3/t13-/m1/s1. The maximum atomic E-state index is 10.1. The second-order valence-corrected chi connectivity index (χ2v) is 5.95. The molecule has 1 aliphatic rings. The summed E-state index contributed by atoms with van der Waals surface area (Å²) in [5, 5.41) is 10.1. The minimum Gasteiger partial charge on any atom is -0.496 e. The molecule has 2 rings (SSSR count). The minimum atomic E-state index is -0.514. The molecule has 0 aliphatic carbocycles. The molecule has 112 valence electrons. The SMILES string of the molecule is CCC1(CC)CCN(c2cccc(OC)c2[C@@H](C)O)C1. The van der Waals surface area contributed by atoms with Gasteiger partial charge in [0.25, 0.3) is 0 Å². The van der Waals surface area contributed by atoms with Crippen molar-refractivity contribution in [2.24, 2.45) is 5.41 Å². The molecule has 1 aromatic carbocycles. The Morgan fingerprint density at radius 3 is 2.55 bits per heavy atom. The van der Waals surface area contributed by atoms with Gasteiger partial charge in [0.1, 0.15) is 5.75 Å². The van der Waals surface area contributed by atoms with Crippen LogP contribution in [0.3, 0.4) is 0 Å². The van der Waals surface area contributed by atoms with E-state index in [0.29, 0.717) is 5.41 Å². The summed E-state index contributed by atoms with van der Waals surface area (Å²) in [6.45, 7) is 8.52. The molecule has 1 N–H and O–H groups in total. The highest BCUT2D eigenvalue weighted by molar-refractivity contribution is 5.61. The average molecular weight is 277 g/mol. The number of benzene rings is 1. The molecule has 0 unspecified atom stereocenters. The van der Waals surface area contributed by atoms with E-state index in [1.807, 2.05) is 19.1 Å². The molecule has 3 nitrogen and oxygen atoms in total. The number of rotatable bonds is 5. The fourth-order valence-corrected chi connectivity index (χ4v) is 3.37. The lowest BCUT2D eigenvalue weighted by Gasteiger charge is -2.29. The highest BCUT2D eigenvalue weighted by atomic mass is 16.5. The van der Waals surface area contributed by atoms with Gasteiger partial charge in [0.15, 0.2) is 0 Å². The number of aliphatic hydroxyl groups excluding tert-OH is 1. The topological polar surface area (TPSA) is 32.7 Å². The van der Waals surface area contributed by atoms with E-state index >= 15 is 0 Å². The number of methoxy groups -OCH3 is 1. The van der Waals surface area contributed by atoms with E-state index in [1.54, 1.807) is 7.11 Å². The molecule has 0 spiro atoms. The Labute approximate surface area is 122 Å². The van der Waals surface area contributed by atoms with Gasteiger partial charge in [-0.15, -0.1) is 0 Å². The van der Waals surface area contributed by atoms with Crippen molar-refractivity contribution in [3.8, 4) is 5.75 Å². The molecule has 0 aromatic heterocycles. The first kappa shape index (κ1) is 15.2. The summed E-state index contributed by atoms with van der Waals surface area (Å²) in [5.41, 5.74) is 2.47. The Morgan fingerprint density at radius 2 is 2.05 bits per heavy atom. The molecule has 1 fully saturated rings. The molecule has 20 heavy (non-hydrogen) atoms. The smallest absolute Gasteiger partial charge is 0.126 e. The van der Waals surface area contributed by atoms with E-state index in [4.69, 9.17) is 4.74 Å². The van der Waals surface area contributed by atoms with Crippen LogP contribution in [-0.4, -0.2) is 25.3 Å². The Hall–Kier alpha value is -1.22. The summed E-state index contributed by atoms with van der Waals surface area (Å²) < 4.78 is 5.42. The van der Waals surface area contributed by atoms with Gasteiger partial charge in [0, 0.05) is 24.3 Å². The first-order valence-corrected chi connectivity index (χ1v) is 7.67. The van der Waals surface area contributed by atoms with E-state index in [0.717, 1.165) is 30.1 Å². The van der Waals surface area contributed by atoms with Crippen LogP contribution in [0.1, 0.15) is 51.7 Å². The Morgan fingerprint density at radius 1 is 1.35 bits per heavy atom. The Kier molecular flexibility index (Phi) is 4.59. The van der Waals surface area contributed by atoms with Crippen LogP contribution in [0.15, 0.2) is 18.2 Å². The van der Waals surface area contributed by atoms with Gasteiger partial charge in [-0.25, -0.2) is 0 Å². The van der Waals surface area contributed by atoms with Crippen molar-refractivity contribution in [3.63, 3.8) is 0 Å². The number of hydrogen-bond donors (Lipinski definition) is 1. The van der Waals surface area contributed by atoms with Crippen LogP contribution in [0.5, 0.6) is 5.75 Å². The zero-order valence-electron chi connectivity index (χ0n) is 13.1. The van der Waals surface area contributed by atoms with E-state index in [9.17, 15) is 5.11 Å². The molecule has 1 saturated heterocycles. The van der Waals surface area contributed by atoms with Crippen LogP contribution in [-0.2, 0) is 0 Å². The third-order valence-corrected chi connectivity index (χ3v) is 4.96. The molecule has 1 atom stereocenters. The molecule has 0 amide bonds. The largest absolute Gasteiger partial charge is 0.496 e. The maximum absolute atomic E-state index is 10.1. The van der Waals surface area contributed by atoms with Crippen molar-refractivity contribution in [2.45, 2.75) is 46.1 Å². The third-order valence-electron chi connectivity index (χ3n) is 4.96. The fraction of sp³-hybridized carbons (Fsp3) is 0.647. The zero-order chi connectivity index (χ0) is 14.8. The highest BCUT2D eigenvalue weighted by Gasteiger charge is 2.36. The van der Waals surface area contributed by atoms with Gasteiger partial charge in [0.2, 0.25) is 0 Å². The van der Waals surface area contributed by atoms with Gasteiger partial charge < -0.3 is 14.7 Å². The van der Waals surface area contributed by atoms with Crippen LogP contribution >= 0.6 is 0 Å². The van der Waals surface area contributed by atoms with Crippen molar-refractivity contribution < 1.29 is 9.84 Å². The van der Waals surface area contributed by atoms with Gasteiger partial charge in [-0.3, -0.25) is 0 Å². The number of hydrogen-bond acceptors (Lipinski definition) is 3. The van der Waals surface area contributed by atoms with Crippen LogP contribution in [0, 0.1) is 5.41 Å². The highest BCUT2D eigenvalue weighted by Crippen LogP contribution is 2.42. The average Bonchev–Trinajstić information content (AvgIpc) is 2.91. The molecule has 3 heteroatoms. The summed E-state index contributed by atoms with van der Waals surface area (Å²) in [6, 6.07) is 6.04. The van der Waals surface area contributed by atoms with Crippen molar-refractivity contribution in [1.29, 1.82) is 0 Å². The molecule has 1 heterocycles. The van der Waals surface area contributed by atoms with Gasteiger partial charge >= 0.3 is 0 Å². The van der Waals surface area contributed by atoms with Crippen molar-refractivity contribution in [1.82, 2.24) is 0 Å². The molecular weight excluding hydrogens is 250 g/mol. The number of anilines is 1. The molecule has 1 aromatic rings. The first-order chi connectivity index (χ1) is 9.56. The Bertz CT molecular complexity index is 452. The summed E-state index contributed by atoms with van der Waals surface area (Å²) in [5.74, 6) is 0.781. The lowest BCUT2D eigenvalue weighted by Crippen LogP contribution is -2.27. The molecule has 0 radical (unpaired) electrons. The second-order valence-electron chi connectivity index (χ2n) is 5.95. The van der Waals surface area contributed by atoms with Crippen LogP contribution < -0.4 is 9.64 Å². The van der Waals surface area contributed by atoms with Crippen molar-refractivity contribution >= 4 is 5.69 Å². The molecular formula is C17H27NO2. The zero-order valence-corrected chi connectivity index (χ0v) is 13.1. The monoisotopic (exact) mass is 277 g/mol. The molecule has 0 bridgehead atoms. The molecule has 1 aliphatic heterocycles. The second kappa shape index (κ2) is 6.04. The molecule has 0 saturated carbocycles. The van der Waals surface area contributed by atoms with Crippen LogP contribution in [0.2, 0.25) is 0 Å². The summed E-state index contributed by atoms with van der Waals surface area (Å²) in [4.78, 5) is 2.41. The predicted molar refractivity (Wildman–Crippen MR) is 83.5 cm³/mol. The summed E-state index contributed by atoms with van der Waals surface area (Å²) >= 11 is 0. The van der Waals surface area contributed by atoms with Crippen molar-refractivity contribution in [3.05, 3.63) is 23.8 Å². The van der Waals surface area contributed by atoms with Crippen LogP contribution in [0.25, 0.3) is 0 Å². The van der Waals surface area contributed by atoms with Gasteiger partial charge in [-0.2, -0.15) is 0 Å². The number of ether oxygens (including phenoxy) is 1. The maximum Gasteiger partial charge on any atom is 0.126 e.